The molecule has 2 rings (SSSR count). The maximum absolute atomic E-state index is 5.65. The van der Waals surface area contributed by atoms with E-state index in [0.29, 0.717) is 5.82 Å². The highest BCUT2D eigenvalue weighted by molar-refractivity contribution is 5.67. The van der Waals surface area contributed by atoms with Gasteiger partial charge in [0, 0.05) is 26.0 Å². The fraction of sp³-hybridized carbons (Fsp3) is 0.154. The van der Waals surface area contributed by atoms with Crippen LogP contribution in [0.5, 0.6) is 0 Å². The zero-order valence-electron chi connectivity index (χ0n) is 9.51. The lowest BCUT2D eigenvalue weighted by atomic mass is 10.1. The zero-order chi connectivity index (χ0) is 11.5. The van der Waals surface area contributed by atoms with E-state index in [1.165, 1.54) is 5.69 Å². The van der Waals surface area contributed by atoms with Gasteiger partial charge in [-0.1, -0.05) is 12.1 Å². The summed E-state index contributed by atoms with van der Waals surface area (Å²) in [5.74, 6) is 0.550. The Hall–Kier alpha value is -2.03. The molecule has 0 radical (unpaired) electrons. The van der Waals surface area contributed by atoms with Gasteiger partial charge in [-0.25, -0.2) is 4.98 Å². The molecule has 0 amide bonds. The van der Waals surface area contributed by atoms with E-state index < -0.39 is 0 Å². The normalized spacial score (nSPS) is 10.1. The second-order valence-electron chi connectivity index (χ2n) is 3.91. The summed E-state index contributed by atoms with van der Waals surface area (Å²) in [6, 6.07) is 12.2. The number of hydrogen-bond acceptors (Lipinski definition) is 3. The Labute approximate surface area is 95.5 Å². The van der Waals surface area contributed by atoms with Crippen molar-refractivity contribution in [2.24, 2.45) is 0 Å². The first-order valence-electron chi connectivity index (χ1n) is 5.16. The Balaban J connectivity index is 2.35. The largest absolute Gasteiger partial charge is 0.384 e. The zero-order valence-corrected chi connectivity index (χ0v) is 9.51. The van der Waals surface area contributed by atoms with Crippen molar-refractivity contribution in [3.05, 3.63) is 42.6 Å². The standard InChI is InChI=1S/C13H15N3/c1-16(2)12-5-3-10(4-6-12)11-7-8-15-13(14)9-11/h3-9H,1-2H3,(H2,14,15). The van der Waals surface area contributed by atoms with Crippen molar-refractivity contribution < 1.29 is 0 Å². The minimum absolute atomic E-state index is 0.550. The van der Waals surface area contributed by atoms with E-state index in [4.69, 9.17) is 5.73 Å². The number of pyridine rings is 1. The fourth-order valence-corrected chi connectivity index (χ4v) is 1.58. The molecule has 0 bridgehead atoms. The van der Waals surface area contributed by atoms with E-state index in [2.05, 4.69) is 34.1 Å². The molecule has 16 heavy (non-hydrogen) atoms. The molecule has 0 saturated carbocycles. The highest BCUT2D eigenvalue weighted by Gasteiger charge is 1.99. The molecule has 0 fully saturated rings. The van der Waals surface area contributed by atoms with E-state index in [9.17, 15) is 0 Å². The van der Waals surface area contributed by atoms with Crippen LogP contribution in [0.4, 0.5) is 11.5 Å². The van der Waals surface area contributed by atoms with Crippen LogP contribution in [-0.2, 0) is 0 Å². The molecule has 1 aromatic carbocycles. The van der Waals surface area contributed by atoms with Crippen LogP contribution in [0.15, 0.2) is 42.6 Å². The summed E-state index contributed by atoms with van der Waals surface area (Å²) in [6.07, 6.45) is 1.73. The summed E-state index contributed by atoms with van der Waals surface area (Å²) in [7, 11) is 4.05. The Morgan fingerprint density at radius 1 is 1.00 bits per heavy atom. The number of nitrogens with two attached hydrogens (primary N) is 1. The predicted octanol–water partition coefficient (Wildman–Crippen LogP) is 2.40. The molecule has 0 unspecified atom stereocenters. The lowest BCUT2D eigenvalue weighted by Crippen LogP contribution is -2.07. The number of hydrogen-bond donors (Lipinski definition) is 1. The van der Waals surface area contributed by atoms with Crippen molar-refractivity contribution in [2.75, 3.05) is 24.7 Å². The average molecular weight is 213 g/mol. The van der Waals surface area contributed by atoms with Crippen molar-refractivity contribution >= 4 is 11.5 Å². The number of nitrogens with zero attached hydrogens (tertiary/aromatic N) is 2. The number of benzene rings is 1. The summed E-state index contributed by atoms with van der Waals surface area (Å²) in [6.45, 7) is 0. The highest BCUT2D eigenvalue weighted by Crippen LogP contribution is 2.22. The molecular formula is C13H15N3. The van der Waals surface area contributed by atoms with Gasteiger partial charge in [-0.15, -0.1) is 0 Å². The third kappa shape index (κ3) is 2.14. The molecule has 0 spiro atoms. The van der Waals surface area contributed by atoms with Gasteiger partial charge in [-0.3, -0.25) is 0 Å². The molecular weight excluding hydrogens is 198 g/mol. The Kier molecular flexibility index (Phi) is 2.77. The van der Waals surface area contributed by atoms with Crippen LogP contribution in [0.2, 0.25) is 0 Å². The number of nitrogen functional groups attached to an aromatic ring is 1. The van der Waals surface area contributed by atoms with Crippen LogP contribution >= 0.6 is 0 Å². The Morgan fingerprint density at radius 2 is 1.69 bits per heavy atom. The van der Waals surface area contributed by atoms with Gasteiger partial charge >= 0.3 is 0 Å². The lowest BCUT2D eigenvalue weighted by Gasteiger charge is -2.12. The van der Waals surface area contributed by atoms with Gasteiger partial charge in [-0.05, 0) is 35.4 Å². The van der Waals surface area contributed by atoms with Crippen LogP contribution in [0.25, 0.3) is 11.1 Å². The second kappa shape index (κ2) is 4.23. The van der Waals surface area contributed by atoms with Gasteiger partial charge in [0.05, 0.1) is 0 Å². The smallest absolute Gasteiger partial charge is 0.123 e. The minimum Gasteiger partial charge on any atom is -0.384 e. The molecule has 1 aromatic heterocycles. The van der Waals surface area contributed by atoms with Crippen molar-refractivity contribution in [2.45, 2.75) is 0 Å². The predicted molar refractivity (Wildman–Crippen MR) is 68.4 cm³/mol. The second-order valence-corrected chi connectivity index (χ2v) is 3.91. The van der Waals surface area contributed by atoms with E-state index in [1.807, 2.05) is 26.2 Å². The number of anilines is 2. The fourth-order valence-electron chi connectivity index (χ4n) is 1.58. The average Bonchev–Trinajstić information content (AvgIpc) is 2.29. The SMILES string of the molecule is CN(C)c1ccc(-c2ccnc(N)c2)cc1. The summed E-state index contributed by atoms with van der Waals surface area (Å²) in [5, 5.41) is 0. The third-order valence-corrected chi connectivity index (χ3v) is 2.50. The first-order chi connectivity index (χ1) is 7.66. The molecule has 2 N–H and O–H groups in total. The van der Waals surface area contributed by atoms with Crippen molar-refractivity contribution in [1.29, 1.82) is 0 Å². The van der Waals surface area contributed by atoms with E-state index in [0.717, 1.165) is 11.1 Å². The van der Waals surface area contributed by atoms with Gasteiger partial charge in [0.25, 0.3) is 0 Å². The van der Waals surface area contributed by atoms with Crippen molar-refractivity contribution in [3.63, 3.8) is 0 Å². The Morgan fingerprint density at radius 3 is 2.25 bits per heavy atom. The molecule has 0 aliphatic rings. The molecule has 0 atom stereocenters. The van der Waals surface area contributed by atoms with Gasteiger partial charge in [0.2, 0.25) is 0 Å². The summed E-state index contributed by atoms with van der Waals surface area (Å²) < 4.78 is 0. The molecule has 2 aromatic rings. The van der Waals surface area contributed by atoms with Gasteiger partial charge in [-0.2, -0.15) is 0 Å². The highest BCUT2D eigenvalue weighted by atomic mass is 15.1. The molecule has 3 nitrogen and oxygen atoms in total. The summed E-state index contributed by atoms with van der Waals surface area (Å²) in [4.78, 5) is 6.05. The van der Waals surface area contributed by atoms with Gasteiger partial charge in [0.1, 0.15) is 5.82 Å². The van der Waals surface area contributed by atoms with Gasteiger partial charge < -0.3 is 10.6 Å². The summed E-state index contributed by atoms with van der Waals surface area (Å²) in [5.41, 5.74) is 9.09. The van der Waals surface area contributed by atoms with E-state index in [-0.39, 0.29) is 0 Å². The lowest BCUT2D eigenvalue weighted by molar-refractivity contribution is 1.13. The summed E-state index contributed by atoms with van der Waals surface area (Å²) >= 11 is 0. The topological polar surface area (TPSA) is 42.2 Å². The van der Waals surface area contributed by atoms with E-state index in [1.54, 1.807) is 6.20 Å². The van der Waals surface area contributed by atoms with Crippen molar-refractivity contribution in [3.8, 4) is 11.1 Å². The van der Waals surface area contributed by atoms with Crippen LogP contribution in [0, 0.1) is 0 Å². The monoisotopic (exact) mass is 213 g/mol. The number of rotatable bonds is 2. The van der Waals surface area contributed by atoms with Gasteiger partial charge in [0.15, 0.2) is 0 Å². The molecule has 82 valence electrons. The molecule has 1 heterocycles. The third-order valence-electron chi connectivity index (χ3n) is 2.50. The first kappa shape index (κ1) is 10.5. The maximum Gasteiger partial charge on any atom is 0.123 e. The van der Waals surface area contributed by atoms with Crippen LogP contribution in [0.3, 0.4) is 0 Å². The number of aromatic nitrogens is 1. The van der Waals surface area contributed by atoms with E-state index >= 15 is 0 Å². The first-order valence-corrected chi connectivity index (χ1v) is 5.16. The maximum atomic E-state index is 5.65. The molecule has 3 heteroatoms. The Bertz CT molecular complexity index is 475. The molecule has 0 aliphatic carbocycles. The minimum atomic E-state index is 0.550. The van der Waals surface area contributed by atoms with Crippen LogP contribution in [-0.4, -0.2) is 19.1 Å². The van der Waals surface area contributed by atoms with Crippen LogP contribution in [0.1, 0.15) is 0 Å². The van der Waals surface area contributed by atoms with Crippen LogP contribution < -0.4 is 10.6 Å². The molecule has 0 aliphatic heterocycles. The molecule has 0 saturated heterocycles. The quantitative estimate of drug-likeness (QED) is 0.833. The van der Waals surface area contributed by atoms with Crippen molar-refractivity contribution in [1.82, 2.24) is 4.98 Å².